The first-order valence-electron chi connectivity index (χ1n) is 13.8. The molecule has 11 heteroatoms. The predicted octanol–water partition coefficient (Wildman–Crippen LogP) is 3.49. The molecule has 0 radical (unpaired) electrons. The van der Waals surface area contributed by atoms with Crippen LogP contribution in [0.5, 0.6) is 17.2 Å². The largest absolute Gasteiger partial charge is 0.497 e. The lowest BCUT2D eigenvalue weighted by Gasteiger charge is -2.30. The number of methoxy groups -OCH3 is 1. The Bertz CT molecular complexity index is 1290. The van der Waals surface area contributed by atoms with Gasteiger partial charge in [-0.25, -0.2) is 8.42 Å². The second-order valence-electron chi connectivity index (χ2n) is 10.3. The van der Waals surface area contributed by atoms with Gasteiger partial charge in [0.15, 0.2) is 11.5 Å². The Balaban J connectivity index is 1.46. The molecule has 2 aliphatic rings. The highest BCUT2D eigenvalue weighted by Gasteiger charge is 2.29. The van der Waals surface area contributed by atoms with E-state index in [0.717, 1.165) is 37.5 Å². The van der Waals surface area contributed by atoms with Gasteiger partial charge in [0.2, 0.25) is 21.8 Å². The number of hydrogen-bond acceptors (Lipinski definition) is 7. The minimum atomic E-state index is -3.63. The second-order valence-corrected chi connectivity index (χ2v) is 12.2. The van der Waals surface area contributed by atoms with Crippen LogP contribution in [-0.4, -0.2) is 70.3 Å². The van der Waals surface area contributed by atoms with Crippen molar-refractivity contribution in [2.24, 2.45) is 0 Å². The van der Waals surface area contributed by atoms with Crippen LogP contribution < -0.4 is 23.8 Å². The maximum atomic E-state index is 13.6. The summed E-state index contributed by atoms with van der Waals surface area (Å²) in [5, 5.41) is 3.10. The van der Waals surface area contributed by atoms with Gasteiger partial charge in [0.05, 0.1) is 19.1 Å². The molecule has 0 saturated heterocycles. The molecule has 1 atom stereocenters. The zero-order chi connectivity index (χ0) is 28.7. The Morgan fingerprint density at radius 3 is 2.50 bits per heavy atom. The highest BCUT2D eigenvalue weighted by molar-refractivity contribution is 7.92. The van der Waals surface area contributed by atoms with Gasteiger partial charge in [0, 0.05) is 31.6 Å². The molecule has 40 heavy (non-hydrogen) atoms. The van der Waals surface area contributed by atoms with Crippen LogP contribution in [0, 0.1) is 0 Å². The van der Waals surface area contributed by atoms with Crippen molar-refractivity contribution in [3.63, 3.8) is 0 Å². The van der Waals surface area contributed by atoms with E-state index in [1.807, 2.05) is 24.3 Å². The van der Waals surface area contributed by atoms with E-state index in [-0.39, 0.29) is 43.8 Å². The third kappa shape index (κ3) is 7.59. The summed E-state index contributed by atoms with van der Waals surface area (Å²) in [4.78, 5) is 28.3. The van der Waals surface area contributed by atoms with Gasteiger partial charge >= 0.3 is 0 Å². The monoisotopic (exact) mass is 573 g/mol. The highest BCUT2D eigenvalue weighted by atomic mass is 32.2. The first kappa shape index (κ1) is 29.5. The normalized spacial score (nSPS) is 15.8. The van der Waals surface area contributed by atoms with Crippen LogP contribution in [0.15, 0.2) is 42.5 Å². The first-order chi connectivity index (χ1) is 19.2. The van der Waals surface area contributed by atoms with Crippen LogP contribution in [0.1, 0.15) is 51.0 Å². The summed E-state index contributed by atoms with van der Waals surface area (Å²) in [5.74, 6) is 1.30. The summed E-state index contributed by atoms with van der Waals surface area (Å²) < 4.78 is 43.1. The fourth-order valence-electron chi connectivity index (χ4n) is 5.13. The number of ether oxygens (including phenoxy) is 3. The molecule has 0 bridgehead atoms. The third-order valence-electron chi connectivity index (χ3n) is 7.32. The van der Waals surface area contributed by atoms with Gasteiger partial charge in [-0.3, -0.25) is 13.9 Å². The molecule has 2 aromatic carbocycles. The fourth-order valence-corrected chi connectivity index (χ4v) is 6.09. The van der Waals surface area contributed by atoms with Crippen LogP contribution in [0.3, 0.4) is 0 Å². The van der Waals surface area contributed by atoms with Gasteiger partial charge in [0.25, 0.3) is 0 Å². The van der Waals surface area contributed by atoms with Gasteiger partial charge in [0.1, 0.15) is 25.0 Å². The maximum absolute atomic E-state index is 13.6. The molecule has 0 spiro atoms. The number of benzene rings is 2. The lowest BCUT2D eigenvalue weighted by molar-refractivity contribution is -0.141. The molecule has 2 amide bonds. The molecule has 1 unspecified atom stereocenters. The molecule has 2 aromatic rings. The van der Waals surface area contributed by atoms with Gasteiger partial charge in [-0.05, 0) is 56.0 Å². The van der Waals surface area contributed by atoms with Crippen LogP contribution in [-0.2, 0) is 26.2 Å². The summed E-state index contributed by atoms with van der Waals surface area (Å²) in [7, 11) is -2.05. The minimum absolute atomic E-state index is 0.0710. The summed E-state index contributed by atoms with van der Waals surface area (Å²) in [6.45, 7) is 2.89. The Morgan fingerprint density at radius 2 is 1.80 bits per heavy atom. The number of carbonyl (C=O) groups excluding carboxylic acids is 2. The standard InChI is InChI=1S/C29H39N3O7S/c1-21(29(34)30-23-9-4-5-10-23)31(20-22-8-6-11-25(18-22)37-2)28(33)12-7-15-32(40(3,35)36)24-13-14-26-27(19-24)39-17-16-38-26/h6,8,11,13-14,18-19,21,23H,4-5,7,9-10,12,15-17,20H2,1-3H3,(H,30,34). The zero-order valence-electron chi connectivity index (χ0n) is 23.4. The molecule has 10 nitrogen and oxygen atoms in total. The molecule has 1 aliphatic carbocycles. The molecule has 1 fully saturated rings. The Hall–Kier alpha value is -3.47. The summed E-state index contributed by atoms with van der Waals surface area (Å²) >= 11 is 0. The summed E-state index contributed by atoms with van der Waals surface area (Å²) in [6, 6.07) is 11.8. The molecule has 1 aliphatic heterocycles. The van der Waals surface area contributed by atoms with Crippen LogP contribution >= 0.6 is 0 Å². The highest BCUT2D eigenvalue weighted by Crippen LogP contribution is 2.35. The van der Waals surface area contributed by atoms with Crippen molar-refractivity contribution in [2.75, 3.05) is 37.4 Å². The number of fused-ring (bicyclic) bond motifs is 1. The third-order valence-corrected chi connectivity index (χ3v) is 8.52. The van der Waals surface area contributed by atoms with E-state index in [1.54, 1.807) is 37.1 Å². The quantitative estimate of drug-likeness (QED) is 0.413. The fraction of sp³-hybridized carbons (Fsp3) is 0.517. The van der Waals surface area contributed by atoms with Crippen molar-refractivity contribution in [1.82, 2.24) is 10.2 Å². The van der Waals surface area contributed by atoms with E-state index < -0.39 is 16.1 Å². The number of anilines is 1. The van der Waals surface area contributed by atoms with Crippen molar-refractivity contribution in [2.45, 2.75) is 64.1 Å². The van der Waals surface area contributed by atoms with Gasteiger partial charge in [-0.2, -0.15) is 0 Å². The Labute approximate surface area is 236 Å². The molecule has 4 rings (SSSR count). The number of nitrogens with zero attached hydrogens (tertiary/aromatic N) is 2. The van der Waals surface area contributed by atoms with E-state index >= 15 is 0 Å². The average Bonchev–Trinajstić information content (AvgIpc) is 3.45. The van der Waals surface area contributed by atoms with E-state index in [2.05, 4.69) is 5.32 Å². The Morgan fingerprint density at radius 1 is 1.07 bits per heavy atom. The van der Waals surface area contributed by atoms with Gasteiger partial charge in [-0.1, -0.05) is 25.0 Å². The Kier molecular flexibility index (Phi) is 9.78. The number of carbonyl (C=O) groups is 2. The van der Waals surface area contributed by atoms with Crippen LogP contribution in [0.4, 0.5) is 5.69 Å². The van der Waals surface area contributed by atoms with Crippen molar-refractivity contribution in [1.29, 1.82) is 0 Å². The van der Waals surface area contributed by atoms with Crippen molar-refractivity contribution in [3.05, 3.63) is 48.0 Å². The minimum Gasteiger partial charge on any atom is -0.497 e. The van der Waals surface area contributed by atoms with Crippen LogP contribution in [0.2, 0.25) is 0 Å². The molecular weight excluding hydrogens is 534 g/mol. The molecule has 1 heterocycles. The van der Waals surface area contributed by atoms with E-state index in [0.29, 0.717) is 36.1 Å². The number of hydrogen-bond donors (Lipinski definition) is 1. The van der Waals surface area contributed by atoms with Crippen molar-refractivity contribution >= 4 is 27.5 Å². The maximum Gasteiger partial charge on any atom is 0.242 e. The first-order valence-corrected chi connectivity index (χ1v) is 15.6. The SMILES string of the molecule is COc1cccc(CN(C(=O)CCCN(c2ccc3c(c2)OCCO3)S(C)(=O)=O)C(C)C(=O)NC2CCCC2)c1. The van der Waals surface area contributed by atoms with Crippen molar-refractivity contribution in [3.8, 4) is 17.2 Å². The lowest BCUT2D eigenvalue weighted by Crippen LogP contribution is -2.49. The predicted molar refractivity (Wildman–Crippen MR) is 152 cm³/mol. The van der Waals surface area contributed by atoms with E-state index in [9.17, 15) is 18.0 Å². The topological polar surface area (TPSA) is 114 Å². The molecular formula is C29H39N3O7S. The lowest BCUT2D eigenvalue weighted by atomic mass is 10.1. The molecule has 0 aromatic heterocycles. The number of rotatable bonds is 12. The summed E-state index contributed by atoms with van der Waals surface area (Å²) in [6.07, 6.45) is 5.55. The van der Waals surface area contributed by atoms with E-state index in [1.165, 1.54) is 4.31 Å². The van der Waals surface area contributed by atoms with Gasteiger partial charge in [-0.15, -0.1) is 0 Å². The average molecular weight is 574 g/mol. The number of amides is 2. The second kappa shape index (κ2) is 13.3. The molecule has 1 saturated carbocycles. The summed E-state index contributed by atoms with van der Waals surface area (Å²) in [5.41, 5.74) is 1.28. The smallest absolute Gasteiger partial charge is 0.242 e. The number of sulfonamides is 1. The number of nitrogens with one attached hydrogen (secondary N) is 1. The zero-order valence-corrected chi connectivity index (χ0v) is 24.2. The van der Waals surface area contributed by atoms with Crippen molar-refractivity contribution < 1.29 is 32.2 Å². The van der Waals surface area contributed by atoms with Gasteiger partial charge < -0.3 is 24.4 Å². The molecule has 1 N–H and O–H groups in total. The van der Waals surface area contributed by atoms with E-state index in [4.69, 9.17) is 14.2 Å². The van der Waals surface area contributed by atoms with Crippen LogP contribution in [0.25, 0.3) is 0 Å². The molecule has 218 valence electrons.